The van der Waals surface area contributed by atoms with Crippen molar-refractivity contribution >= 4 is 21.6 Å². The van der Waals surface area contributed by atoms with E-state index in [1.165, 1.54) is 0 Å². The maximum atomic E-state index is 5.53. The second-order valence-corrected chi connectivity index (χ2v) is 2.92. The molecule has 0 saturated carbocycles. The molecule has 0 bridgehead atoms. The number of hydrogen-bond acceptors (Lipinski definition) is 2. The molecule has 0 amide bonds. The van der Waals surface area contributed by atoms with Crippen LogP contribution in [0, 0.1) is 0 Å². The van der Waals surface area contributed by atoms with Crippen molar-refractivity contribution in [1.82, 2.24) is 0 Å². The molecular weight excluding hydrogens is 180 g/mol. The topological polar surface area (TPSA) is 38.4 Å². The van der Waals surface area contributed by atoms with E-state index in [0.717, 1.165) is 16.6 Å². The molecule has 50 valence electrons. The Kier molecular flexibility index (Phi) is 2.03. The monoisotopic (exact) mass is 188 g/mol. The minimum Gasteiger partial charge on any atom is -0.309 e. The zero-order valence-corrected chi connectivity index (χ0v) is 6.85. The van der Waals surface area contributed by atoms with Gasteiger partial charge in [0.05, 0.1) is 0 Å². The zero-order valence-electron chi connectivity index (χ0n) is 5.26. The first-order valence-corrected chi connectivity index (χ1v) is 3.65. The lowest BCUT2D eigenvalue weighted by molar-refractivity contribution is 0.715. The smallest absolute Gasteiger partial charge is 0.101 e. The lowest BCUT2D eigenvalue weighted by Crippen LogP contribution is -2.20. The van der Waals surface area contributed by atoms with Gasteiger partial charge in [0.25, 0.3) is 0 Å². The Balaban J connectivity index is 2.75. The van der Waals surface area contributed by atoms with Crippen molar-refractivity contribution in [3.8, 4) is 0 Å². The van der Waals surface area contributed by atoms with Crippen LogP contribution in [0.5, 0.6) is 0 Å². The van der Waals surface area contributed by atoms with E-state index in [2.05, 4.69) is 20.9 Å². The predicted molar refractivity (Wildman–Crippen MR) is 42.7 cm³/mol. The fourth-order valence-corrected chi connectivity index (χ4v) is 1.02. The number of rotatable bonds is 0. The second kappa shape index (κ2) is 2.62. The van der Waals surface area contributed by atoms with E-state index >= 15 is 0 Å². The maximum absolute atomic E-state index is 5.53. The van der Waals surface area contributed by atoms with Crippen molar-refractivity contribution in [2.75, 3.05) is 0 Å². The van der Waals surface area contributed by atoms with Crippen molar-refractivity contribution in [2.24, 2.45) is 10.7 Å². The first-order valence-electron chi connectivity index (χ1n) is 2.86. The minimum atomic E-state index is -0.0219. The quantitative estimate of drug-likeness (QED) is 0.614. The third-order valence-corrected chi connectivity index (χ3v) is 2.14. The standard InChI is InChI=1S/C6H9BrN2/c1-4-5(7)2-3-6(8)9-4/h2,6H,3,8H2,1H3. The van der Waals surface area contributed by atoms with E-state index in [-0.39, 0.29) is 6.17 Å². The summed E-state index contributed by atoms with van der Waals surface area (Å²) >= 11 is 3.36. The van der Waals surface area contributed by atoms with Crippen molar-refractivity contribution in [1.29, 1.82) is 0 Å². The van der Waals surface area contributed by atoms with E-state index in [1.54, 1.807) is 0 Å². The van der Waals surface area contributed by atoms with Crippen LogP contribution in [0.2, 0.25) is 0 Å². The van der Waals surface area contributed by atoms with E-state index in [4.69, 9.17) is 5.73 Å². The maximum Gasteiger partial charge on any atom is 0.101 e. The number of nitrogens with two attached hydrogens (primary N) is 1. The van der Waals surface area contributed by atoms with Gasteiger partial charge in [0.15, 0.2) is 0 Å². The van der Waals surface area contributed by atoms with E-state index < -0.39 is 0 Å². The summed E-state index contributed by atoms with van der Waals surface area (Å²) in [5.74, 6) is 0. The van der Waals surface area contributed by atoms with Crippen LogP contribution in [-0.4, -0.2) is 11.9 Å². The van der Waals surface area contributed by atoms with Crippen LogP contribution in [0.25, 0.3) is 0 Å². The summed E-state index contributed by atoms with van der Waals surface area (Å²) in [6.07, 6.45) is 2.87. The molecule has 1 rings (SSSR count). The van der Waals surface area contributed by atoms with Gasteiger partial charge in [0.1, 0.15) is 6.17 Å². The molecule has 0 aromatic carbocycles. The summed E-state index contributed by atoms with van der Waals surface area (Å²) in [6, 6.07) is 0. The van der Waals surface area contributed by atoms with E-state index in [1.807, 2.05) is 13.0 Å². The van der Waals surface area contributed by atoms with Crippen molar-refractivity contribution in [3.63, 3.8) is 0 Å². The molecule has 0 radical (unpaired) electrons. The molecule has 0 spiro atoms. The van der Waals surface area contributed by atoms with Gasteiger partial charge in [-0.2, -0.15) is 0 Å². The summed E-state index contributed by atoms with van der Waals surface area (Å²) in [5, 5.41) is 0. The van der Waals surface area contributed by atoms with Gasteiger partial charge < -0.3 is 5.73 Å². The van der Waals surface area contributed by atoms with Gasteiger partial charge in [-0.1, -0.05) is 6.08 Å². The molecule has 0 aromatic heterocycles. The van der Waals surface area contributed by atoms with Crippen LogP contribution >= 0.6 is 15.9 Å². The molecule has 1 aliphatic heterocycles. The molecule has 1 heterocycles. The first-order chi connectivity index (χ1) is 4.20. The Bertz CT molecular complexity index is 172. The summed E-state index contributed by atoms with van der Waals surface area (Å²) in [4.78, 5) is 4.14. The highest BCUT2D eigenvalue weighted by Gasteiger charge is 2.06. The van der Waals surface area contributed by atoms with E-state index in [9.17, 15) is 0 Å². The largest absolute Gasteiger partial charge is 0.309 e. The average molecular weight is 189 g/mol. The van der Waals surface area contributed by atoms with Crippen molar-refractivity contribution in [2.45, 2.75) is 19.5 Å². The second-order valence-electron chi connectivity index (χ2n) is 2.07. The van der Waals surface area contributed by atoms with Crippen LogP contribution < -0.4 is 5.73 Å². The molecule has 0 aliphatic carbocycles. The van der Waals surface area contributed by atoms with Gasteiger partial charge in [-0.15, -0.1) is 0 Å². The molecule has 1 unspecified atom stereocenters. The van der Waals surface area contributed by atoms with Crippen molar-refractivity contribution < 1.29 is 0 Å². The van der Waals surface area contributed by atoms with E-state index in [0.29, 0.717) is 0 Å². The van der Waals surface area contributed by atoms with Gasteiger partial charge in [-0.05, 0) is 22.9 Å². The molecule has 0 fully saturated rings. The Labute approximate surface area is 63.0 Å². The Morgan fingerprint density at radius 2 is 2.56 bits per heavy atom. The highest BCUT2D eigenvalue weighted by atomic mass is 79.9. The predicted octanol–water partition coefficient (Wildman–Crippen LogP) is 1.41. The number of halogens is 1. The third kappa shape index (κ3) is 1.63. The highest BCUT2D eigenvalue weighted by molar-refractivity contribution is 9.12. The van der Waals surface area contributed by atoms with Gasteiger partial charge in [-0.25, -0.2) is 0 Å². The average Bonchev–Trinajstić information content (AvgIpc) is 1.80. The number of aliphatic imine (C=N–C) groups is 1. The summed E-state index contributed by atoms with van der Waals surface area (Å²) in [7, 11) is 0. The molecular formula is C6H9BrN2. The molecule has 0 saturated heterocycles. The van der Waals surface area contributed by atoms with Crippen LogP contribution in [0.4, 0.5) is 0 Å². The summed E-state index contributed by atoms with van der Waals surface area (Å²) in [5.41, 5.74) is 6.53. The van der Waals surface area contributed by atoms with Gasteiger partial charge in [0.2, 0.25) is 0 Å². The third-order valence-electron chi connectivity index (χ3n) is 1.24. The van der Waals surface area contributed by atoms with Crippen LogP contribution in [-0.2, 0) is 0 Å². The summed E-state index contributed by atoms with van der Waals surface area (Å²) < 4.78 is 1.07. The Morgan fingerprint density at radius 3 is 3.00 bits per heavy atom. The number of hydrogen-bond donors (Lipinski definition) is 1. The zero-order chi connectivity index (χ0) is 6.85. The molecule has 0 aromatic rings. The fourth-order valence-electron chi connectivity index (χ4n) is 0.735. The summed E-state index contributed by atoms with van der Waals surface area (Å²) in [6.45, 7) is 1.94. The number of dihydropyridines is 1. The van der Waals surface area contributed by atoms with Crippen LogP contribution in [0.15, 0.2) is 15.6 Å². The van der Waals surface area contributed by atoms with Gasteiger partial charge >= 0.3 is 0 Å². The lowest BCUT2D eigenvalue weighted by Gasteiger charge is -2.11. The van der Waals surface area contributed by atoms with Gasteiger partial charge in [0, 0.05) is 16.6 Å². The fraction of sp³-hybridized carbons (Fsp3) is 0.500. The lowest BCUT2D eigenvalue weighted by atomic mass is 10.2. The SMILES string of the molecule is CC1=NC(N)CC=C1Br. The molecule has 2 N–H and O–H groups in total. The Morgan fingerprint density at radius 1 is 1.89 bits per heavy atom. The molecule has 2 nitrogen and oxygen atoms in total. The normalized spacial score (nSPS) is 27.2. The minimum absolute atomic E-state index is 0.0219. The first kappa shape index (κ1) is 6.96. The Hall–Kier alpha value is -0.150. The van der Waals surface area contributed by atoms with Crippen LogP contribution in [0.1, 0.15) is 13.3 Å². The molecule has 1 atom stereocenters. The van der Waals surface area contributed by atoms with Gasteiger partial charge in [-0.3, -0.25) is 4.99 Å². The van der Waals surface area contributed by atoms with Crippen molar-refractivity contribution in [3.05, 3.63) is 10.6 Å². The molecule has 3 heteroatoms. The molecule has 9 heavy (non-hydrogen) atoms. The number of nitrogens with zero attached hydrogens (tertiary/aromatic N) is 1. The number of allylic oxidation sites excluding steroid dienone is 1. The highest BCUT2D eigenvalue weighted by Crippen LogP contribution is 2.14. The molecule has 1 aliphatic rings. The van der Waals surface area contributed by atoms with Crippen LogP contribution in [0.3, 0.4) is 0 Å².